The van der Waals surface area contributed by atoms with Crippen molar-refractivity contribution in [2.45, 2.75) is 39.5 Å². The molecule has 5 heteroatoms. The van der Waals surface area contributed by atoms with Gasteiger partial charge in [-0.3, -0.25) is 9.59 Å². The zero-order chi connectivity index (χ0) is 17.4. The van der Waals surface area contributed by atoms with Crippen molar-refractivity contribution >= 4 is 11.9 Å². The minimum atomic E-state index is -0.900. The highest BCUT2D eigenvalue weighted by Crippen LogP contribution is 2.35. The zero-order valence-corrected chi connectivity index (χ0v) is 14.7. The van der Waals surface area contributed by atoms with Crippen molar-refractivity contribution in [3.8, 4) is 0 Å². The van der Waals surface area contributed by atoms with Gasteiger partial charge in [-0.15, -0.1) is 0 Å². The molecule has 0 heterocycles. The van der Waals surface area contributed by atoms with Gasteiger partial charge in [-0.05, 0) is 53.6 Å². The molecule has 1 N–H and O–H groups in total. The molecule has 0 amide bonds. The molecule has 0 aromatic heterocycles. The van der Waals surface area contributed by atoms with E-state index in [1.54, 1.807) is 0 Å². The summed E-state index contributed by atoms with van der Waals surface area (Å²) in [5.74, 6) is -2.49. The van der Waals surface area contributed by atoms with E-state index >= 15 is 0 Å². The smallest absolute Gasteiger partial charge is 0.310 e. The van der Waals surface area contributed by atoms with E-state index in [1.807, 2.05) is 32.8 Å². The molecule has 1 fully saturated rings. The number of hydrogen-bond donors (Lipinski definition) is 1. The highest BCUT2D eigenvalue weighted by molar-refractivity contribution is 5.81. The highest BCUT2D eigenvalue weighted by Gasteiger charge is 2.38. The molecule has 1 aliphatic carbocycles. The van der Waals surface area contributed by atoms with E-state index < -0.39 is 17.8 Å². The summed E-state index contributed by atoms with van der Waals surface area (Å²) in [7, 11) is 3.80. The molecular formula is C18H29NO4. The summed E-state index contributed by atoms with van der Waals surface area (Å²) in [6.45, 7) is 5.03. The van der Waals surface area contributed by atoms with Gasteiger partial charge in [0.2, 0.25) is 0 Å². The molecule has 1 rings (SSSR count). The minimum Gasteiger partial charge on any atom is -0.481 e. The predicted octanol–water partition coefficient (Wildman–Crippen LogP) is 2.87. The van der Waals surface area contributed by atoms with Crippen LogP contribution in [0.3, 0.4) is 0 Å². The third-order valence-corrected chi connectivity index (χ3v) is 4.08. The van der Waals surface area contributed by atoms with E-state index in [4.69, 9.17) is 4.74 Å². The topological polar surface area (TPSA) is 66.8 Å². The van der Waals surface area contributed by atoms with Gasteiger partial charge in [0.1, 0.15) is 6.61 Å². The SMILES string of the molecule is CC(C)=CC/C=C1/CC[C@H](C(=O)O)[C@H](C(=O)OCCN(C)C)C1. The lowest BCUT2D eigenvalue weighted by molar-refractivity contribution is -0.159. The molecule has 1 saturated carbocycles. The van der Waals surface area contributed by atoms with Gasteiger partial charge in [0.15, 0.2) is 0 Å². The predicted molar refractivity (Wildman–Crippen MR) is 90.1 cm³/mol. The normalized spacial score (nSPS) is 22.9. The number of likely N-dealkylation sites (N-methyl/N-ethyl adjacent to an activating group) is 1. The van der Waals surface area contributed by atoms with Crippen LogP contribution in [0.15, 0.2) is 23.3 Å². The first kappa shape index (κ1) is 19.4. The summed E-state index contributed by atoms with van der Waals surface area (Å²) in [5.41, 5.74) is 2.41. The number of carboxylic acids is 1. The monoisotopic (exact) mass is 323 g/mol. The third-order valence-electron chi connectivity index (χ3n) is 4.08. The number of aliphatic carboxylic acids is 1. The third kappa shape index (κ3) is 6.99. The lowest BCUT2D eigenvalue weighted by Gasteiger charge is -2.29. The Hall–Kier alpha value is -1.62. The van der Waals surface area contributed by atoms with Gasteiger partial charge >= 0.3 is 11.9 Å². The van der Waals surface area contributed by atoms with E-state index in [9.17, 15) is 14.7 Å². The number of carbonyl (C=O) groups is 2. The molecule has 0 aromatic rings. The van der Waals surface area contributed by atoms with Crippen LogP contribution in [0.4, 0.5) is 0 Å². The summed E-state index contributed by atoms with van der Waals surface area (Å²) in [5, 5.41) is 9.36. The average Bonchev–Trinajstić information content (AvgIpc) is 2.46. The Morgan fingerprint density at radius 2 is 2.00 bits per heavy atom. The fourth-order valence-electron chi connectivity index (χ4n) is 2.69. The van der Waals surface area contributed by atoms with Crippen molar-refractivity contribution in [3.05, 3.63) is 23.3 Å². The first-order valence-electron chi connectivity index (χ1n) is 8.16. The molecule has 0 aliphatic heterocycles. The molecule has 0 saturated heterocycles. The molecular weight excluding hydrogens is 294 g/mol. The maximum Gasteiger partial charge on any atom is 0.310 e. The van der Waals surface area contributed by atoms with Gasteiger partial charge in [0, 0.05) is 6.54 Å². The molecule has 130 valence electrons. The first-order valence-corrected chi connectivity index (χ1v) is 8.16. The number of esters is 1. The standard InChI is InChI=1S/C18H29NO4/c1-13(2)6-5-7-14-8-9-15(17(20)21)16(12-14)18(22)23-11-10-19(3)4/h6-7,15-16H,5,8-12H2,1-4H3,(H,20,21)/b14-7-/t15-,16+/m0/s1. The first-order chi connectivity index (χ1) is 10.8. The Morgan fingerprint density at radius 1 is 1.30 bits per heavy atom. The van der Waals surface area contributed by atoms with Crippen LogP contribution in [0.1, 0.15) is 39.5 Å². The Kier molecular flexibility index (Phi) is 8.03. The van der Waals surface area contributed by atoms with Gasteiger partial charge in [0.25, 0.3) is 0 Å². The van der Waals surface area contributed by atoms with Crippen LogP contribution >= 0.6 is 0 Å². The van der Waals surface area contributed by atoms with Crippen LogP contribution in [0.5, 0.6) is 0 Å². The van der Waals surface area contributed by atoms with Gasteiger partial charge in [-0.1, -0.05) is 23.3 Å². The molecule has 0 bridgehead atoms. The van der Waals surface area contributed by atoms with E-state index in [2.05, 4.69) is 12.2 Å². The highest BCUT2D eigenvalue weighted by atomic mass is 16.5. The quantitative estimate of drug-likeness (QED) is 0.576. The fraction of sp³-hybridized carbons (Fsp3) is 0.667. The van der Waals surface area contributed by atoms with Crippen molar-refractivity contribution in [1.29, 1.82) is 0 Å². The Morgan fingerprint density at radius 3 is 2.57 bits per heavy atom. The van der Waals surface area contributed by atoms with Crippen LogP contribution in [-0.4, -0.2) is 49.2 Å². The molecule has 0 unspecified atom stereocenters. The molecule has 0 radical (unpaired) electrons. The van der Waals surface area contributed by atoms with Gasteiger partial charge < -0.3 is 14.7 Å². The fourth-order valence-corrected chi connectivity index (χ4v) is 2.69. The second-order valence-electron chi connectivity index (χ2n) is 6.64. The van der Waals surface area contributed by atoms with Gasteiger partial charge in [0.05, 0.1) is 11.8 Å². The lowest BCUT2D eigenvalue weighted by Crippen LogP contribution is -2.35. The maximum atomic E-state index is 12.3. The second kappa shape index (κ2) is 9.50. The summed E-state index contributed by atoms with van der Waals surface area (Å²) >= 11 is 0. The Labute approximate surface area is 139 Å². The minimum absolute atomic E-state index is 0.297. The van der Waals surface area contributed by atoms with E-state index in [1.165, 1.54) is 5.57 Å². The lowest BCUT2D eigenvalue weighted by atomic mass is 9.76. The number of allylic oxidation sites excluding steroid dienone is 4. The molecule has 23 heavy (non-hydrogen) atoms. The van der Waals surface area contributed by atoms with Crippen LogP contribution in [0.25, 0.3) is 0 Å². The van der Waals surface area contributed by atoms with Crippen molar-refractivity contribution < 1.29 is 19.4 Å². The summed E-state index contributed by atoms with van der Waals surface area (Å²) in [4.78, 5) is 25.6. The van der Waals surface area contributed by atoms with Crippen LogP contribution in [0.2, 0.25) is 0 Å². The number of rotatable bonds is 7. The van der Waals surface area contributed by atoms with E-state index in [-0.39, 0.29) is 5.97 Å². The van der Waals surface area contributed by atoms with Gasteiger partial charge in [-0.2, -0.15) is 0 Å². The average molecular weight is 323 g/mol. The number of carbonyl (C=O) groups excluding carboxylic acids is 1. The maximum absolute atomic E-state index is 12.3. The van der Waals surface area contributed by atoms with Crippen molar-refractivity contribution in [2.75, 3.05) is 27.2 Å². The number of ether oxygens (including phenoxy) is 1. The van der Waals surface area contributed by atoms with Crippen LogP contribution < -0.4 is 0 Å². The van der Waals surface area contributed by atoms with E-state index in [0.29, 0.717) is 26.0 Å². The van der Waals surface area contributed by atoms with E-state index in [0.717, 1.165) is 18.4 Å². The molecule has 1 aliphatic rings. The summed E-state index contributed by atoms with van der Waals surface area (Å²) in [6, 6.07) is 0. The summed E-state index contributed by atoms with van der Waals surface area (Å²) < 4.78 is 5.28. The Balaban J connectivity index is 2.70. The van der Waals surface area contributed by atoms with Crippen LogP contribution in [0, 0.1) is 11.8 Å². The van der Waals surface area contributed by atoms with Crippen molar-refractivity contribution in [1.82, 2.24) is 4.90 Å². The van der Waals surface area contributed by atoms with Crippen molar-refractivity contribution in [3.63, 3.8) is 0 Å². The largest absolute Gasteiger partial charge is 0.481 e. The molecule has 2 atom stereocenters. The van der Waals surface area contributed by atoms with Crippen LogP contribution in [-0.2, 0) is 14.3 Å². The molecule has 0 spiro atoms. The molecule has 5 nitrogen and oxygen atoms in total. The number of carboxylic acid groups (broad SMARTS) is 1. The molecule has 0 aromatic carbocycles. The van der Waals surface area contributed by atoms with Crippen molar-refractivity contribution in [2.24, 2.45) is 11.8 Å². The Bertz CT molecular complexity index is 475. The second-order valence-corrected chi connectivity index (χ2v) is 6.64. The summed E-state index contributed by atoms with van der Waals surface area (Å²) in [6.07, 6.45) is 6.82. The van der Waals surface area contributed by atoms with Gasteiger partial charge in [-0.25, -0.2) is 0 Å². The zero-order valence-electron chi connectivity index (χ0n) is 14.7. The number of nitrogens with zero attached hydrogens (tertiary/aromatic N) is 1. The number of hydrogen-bond acceptors (Lipinski definition) is 4.